The Morgan fingerprint density at radius 3 is 2.54 bits per heavy atom. The minimum Gasteiger partial charge on any atom is -0.449 e. The first-order valence-corrected chi connectivity index (χ1v) is 7.94. The lowest BCUT2D eigenvalue weighted by atomic mass is 10.2. The minimum absolute atomic E-state index is 0.0250. The van der Waals surface area contributed by atoms with Gasteiger partial charge in [0.25, 0.3) is 11.6 Å². The van der Waals surface area contributed by atoms with Gasteiger partial charge in [0.05, 0.1) is 4.92 Å². The molecule has 1 amide bonds. The van der Waals surface area contributed by atoms with Crippen LogP contribution in [0.25, 0.3) is 6.08 Å². The number of carbonyl (C=O) groups is 2. The summed E-state index contributed by atoms with van der Waals surface area (Å²) in [5, 5.41) is 13.8. The molecule has 0 saturated heterocycles. The van der Waals surface area contributed by atoms with E-state index < -0.39 is 22.9 Å². The molecule has 0 aromatic heterocycles. The number of benzene rings is 2. The van der Waals surface area contributed by atoms with Crippen LogP contribution in [0.5, 0.6) is 0 Å². The van der Waals surface area contributed by atoms with Crippen LogP contribution in [-0.2, 0) is 14.3 Å². The molecule has 1 N–H and O–H groups in total. The Labute approximate surface area is 154 Å². The highest BCUT2D eigenvalue weighted by atomic mass is 35.5. The molecule has 0 heterocycles. The molecule has 2 rings (SSSR count). The quantitative estimate of drug-likeness (QED) is 0.358. The SMILES string of the molecule is CC(OC(=O)/C=C/c1ccccc1Cl)C(=O)Nc1ccccc1[N+](=O)[O-]. The molecule has 0 aliphatic heterocycles. The van der Waals surface area contributed by atoms with Crippen molar-refractivity contribution < 1.29 is 19.2 Å². The van der Waals surface area contributed by atoms with Crippen molar-refractivity contribution in [1.82, 2.24) is 0 Å². The summed E-state index contributed by atoms with van der Waals surface area (Å²) in [5.41, 5.74) is 0.401. The van der Waals surface area contributed by atoms with Gasteiger partial charge in [0.15, 0.2) is 6.10 Å². The molecule has 2 aromatic rings. The van der Waals surface area contributed by atoms with Gasteiger partial charge in [0.2, 0.25) is 0 Å². The fourth-order valence-electron chi connectivity index (χ4n) is 2.01. The van der Waals surface area contributed by atoms with Gasteiger partial charge in [0.1, 0.15) is 5.69 Å². The number of nitrogens with one attached hydrogen (secondary N) is 1. The summed E-state index contributed by atoms with van der Waals surface area (Å²) in [5.74, 6) is -1.42. The molecule has 1 unspecified atom stereocenters. The van der Waals surface area contributed by atoms with Crippen LogP contribution in [0, 0.1) is 10.1 Å². The van der Waals surface area contributed by atoms with Crippen LogP contribution in [0.1, 0.15) is 12.5 Å². The fraction of sp³-hybridized carbons (Fsp3) is 0.111. The standard InChI is InChI=1S/C18H15ClN2O5/c1-12(18(23)20-15-8-4-5-9-16(15)21(24)25)26-17(22)11-10-13-6-2-3-7-14(13)19/h2-12H,1H3,(H,20,23)/b11-10+. The second-order valence-electron chi connectivity index (χ2n) is 5.20. The predicted molar refractivity (Wildman–Crippen MR) is 97.8 cm³/mol. The normalized spacial score (nSPS) is 11.8. The van der Waals surface area contributed by atoms with E-state index in [-0.39, 0.29) is 11.4 Å². The van der Waals surface area contributed by atoms with E-state index in [9.17, 15) is 19.7 Å². The van der Waals surface area contributed by atoms with Gasteiger partial charge in [-0.2, -0.15) is 0 Å². The molecule has 26 heavy (non-hydrogen) atoms. The lowest BCUT2D eigenvalue weighted by Gasteiger charge is -2.12. The molecule has 134 valence electrons. The number of rotatable bonds is 6. The molecule has 0 radical (unpaired) electrons. The Morgan fingerprint density at radius 1 is 1.19 bits per heavy atom. The number of carbonyl (C=O) groups excluding carboxylic acids is 2. The van der Waals surface area contributed by atoms with E-state index in [1.807, 2.05) is 0 Å². The van der Waals surface area contributed by atoms with E-state index in [1.165, 1.54) is 31.2 Å². The molecule has 0 fully saturated rings. The van der Waals surface area contributed by atoms with E-state index >= 15 is 0 Å². The zero-order chi connectivity index (χ0) is 19.1. The zero-order valence-electron chi connectivity index (χ0n) is 13.7. The highest BCUT2D eigenvalue weighted by Gasteiger charge is 2.20. The largest absolute Gasteiger partial charge is 0.449 e. The third kappa shape index (κ3) is 5.15. The minimum atomic E-state index is -1.14. The maximum atomic E-state index is 12.1. The predicted octanol–water partition coefficient (Wildman–Crippen LogP) is 3.83. The maximum absolute atomic E-state index is 12.1. The first-order valence-electron chi connectivity index (χ1n) is 7.56. The van der Waals surface area contributed by atoms with Crippen LogP contribution in [0.4, 0.5) is 11.4 Å². The number of nitrogens with zero attached hydrogens (tertiary/aromatic N) is 1. The van der Waals surface area contributed by atoms with E-state index in [1.54, 1.807) is 30.3 Å². The third-order valence-corrected chi connectivity index (χ3v) is 3.67. The summed E-state index contributed by atoms with van der Waals surface area (Å²) in [4.78, 5) is 34.3. The number of nitro groups is 1. The van der Waals surface area contributed by atoms with Crippen molar-refractivity contribution >= 4 is 40.9 Å². The van der Waals surface area contributed by atoms with E-state index in [2.05, 4.69) is 5.32 Å². The van der Waals surface area contributed by atoms with Crippen molar-refractivity contribution in [2.24, 2.45) is 0 Å². The summed E-state index contributed by atoms with van der Waals surface area (Å²) in [6.07, 6.45) is 1.48. The topological polar surface area (TPSA) is 98.5 Å². The summed E-state index contributed by atoms with van der Waals surface area (Å²) >= 11 is 5.97. The number of esters is 1. The van der Waals surface area contributed by atoms with E-state index in [4.69, 9.17) is 16.3 Å². The second kappa shape index (κ2) is 8.77. The Hall–Kier alpha value is -3.19. The zero-order valence-corrected chi connectivity index (χ0v) is 14.5. The van der Waals surface area contributed by atoms with Crippen molar-refractivity contribution in [1.29, 1.82) is 0 Å². The summed E-state index contributed by atoms with van der Waals surface area (Å²) in [6, 6.07) is 12.6. The number of ether oxygens (including phenoxy) is 1. The van der Waals surface area contributed by atoms with Gasteiger partial charge < -0.3 is 10.1 Å². The van der Waals surface area contributed by atoms with Gasteiger partial charge in [0, 0.05) is 17.2 Å². The maximum Gasteiger partial charge on any atom is 0.331 e. The molecule has 0 saturated carbocycles. The Bertz CT molecular complexity index is 866. The summed E-state index contributed by atoms with van der Waals surface area (Å²) < 4.78 is 5.00. The molecular formula is C18H15ClN2O5. The first-order chi connectivity index (χ1) is 12.4. The fourth-order valence-corrected chi connectivity index (χ4v) is 2.21. The highest BCUT2D eigenvalue weighted by molar-refractivity contribution is 6.32. The van der Waals surface area contributed by atoms with Crippen LogP contribution in [-0.4, -0.2) is 22.9 Å². The van der Waals surface area contributed by atoms with E-state index in [0.717, 1.165) is 6.08 Å². The molecule has 0 spiro atoms. The number of para-hydroxylation sites is 2. The highest BCUT2D eigenvalue weighted by Crippen LogP contribution is 2.23. The average molecular weight is 375 g/mol. The van der Waals surface area contributed by atoms with Gasteiger partial charge >= 0.3 is 5.97 Å². The Balaban J connectivity index is 1.98. The van der Waals surface area contributed by atoms with Crippen LogP contribution < -0.4 is 5.32 Å². The third-order valence-electron chi connectivity index (χ3n) is 3.32. The van der Waals surface area contributed by atoms with Crippen LogP contribution in [0.15, 0.2) is 54.6 Å². The van der Waals surface area contributed by atoms with Crippen LogP contribution >= 0.6 is 11.6 Å². The van der Waals surface area contributed by atoms with Gasteiger partial charge in [-0.25, -0.2) is 4.79 Å². The smallest absolute Gasteiger partial charge is 0.331 e. The molecular weight excluding hydrogens is 360 g/mol. The molecule has 2 aromatic carbocycles. The summed E-state index contributed by atoms with van der Waals surface area (Å²) in [6.45, 7) is 1.37. The lowest BCUT2D eigenvalue weighted by Crippen LogP contribution is -2.29. The molecule has 0 bridgehead atoms. The summed E-state index contributed by atoms with van der Waals surface area (Å²) in [7, 11) is 0. The van der Waals surface area contributed by atoms with Gasteiger partial charge in [-0.1, -0.05) is 41.9 Å². The van der Waals surface area contributed by atoms with Crippen molar-refractivity contribution in [2.75, 3.05) is 5.32 Å². The monoisotopic (exact) mass is 374 g/mol. The average Bonchev–Trinajstić information content (AvgIpc) is 2.61. The van der Waals surface area contributed by atoms with Crippen molar-refractivity contribution in [3.63, 3.8) is 0 Å². The van der Waals surface area contributed by atoms with E-state index in [0.29, 0.717) is 10.6 Å². The lowest BCUT2D eigenvalue weighted by molar-refractivity contribution is -0.383. The van der Waals surface area contributed by atoms with Gasteiger partial charge in [-0.15, -0.1) is 0 Å². The van der Waals surface area contributed by atoms with Crippen LogP contribution in [0.3, 0.4) is 0 Å². The molecule has 0 aliphatic carbocycles. The Kier molecular flexibility index (Phi) is 6.46. The molecule has 7 nitrogen and oxygen atoms in total. The van der Waals surface area contributed by atoms with Crippen molar-refractivity contribution in [2.45, 2.75) is 13.0 Å². The molecule has 8 heteroatoms. The number of hydrogen-bond donors (Lipinski definition) is 1. The number of halogens is 1. The van der Waals surface area contributed by atoms with Crippen LogP contribution in [0.2, 0.25) is 5.02 Å². The molecule has 0 aliphatic rings. The second-order valence-corrected chi connectivity index (χ2v) is 5.60. The number of hydrogen-bond acceptors (Lipinski definition) is 5. The Morgan fingerprint density at radius 2 is 1.85 bits per heavy atom. The van der Waals surface area contributed by atoms with Crippen molar-refractivity contribution in [3.05, 3.63) is 75.3 Å². The van der Waals surface area contributed by atoms with Gasteiger partial charge in [-0.3, -0.25) is 14.9 Å². The molecule has 1 atom stereocenters. The first kappa shape index (κ1) is 19.1. The van der Waals surface area contributed by atoms with Crippen molar-refractivity contribution in [3.8, 4) is 0 Å². The number of anilines is 1. The number of nitro benzene ring substituents is 1. The number of amides is 1. The van der Waals surface area contributed by atoms with Gasteiger partial charge in [-0.05, 0) is 30.7 Å².